The van der Waals surface area contributed by atoms with E-state index >= 15 is 0 Å². The van der Waals surface area contributed by atoms with Gasteiger partial charge in [-0.2, -0.15) is 40.9 Å². The third-order valence-corrected chi connectivity index (χ3v) is 6.40. The largest absolute Gasteiger partial charge is 0.436 e. The first kappa shape index (κ1) is 29.7. The van der Waals surface area contributed by atoms with Gasteiger partial charge in [0.15, 0.2) is 11.4 Å². The number of alkyl halides is 6. The monoisotopic (exact) mass is 611 g/mol. The van der Waals surface area contributed by atoms with Gasteiger partial charge in [-0.05, 0) is 36.1 Å². The molecule has 17 heteroatoms. The van der Waals surface area contributed by atoms with E-state index in [1.54, 1.807) is 12.1 Å². The second-order valence-electron chi connectivity index (χ2n) is 9.56. The lowest BCUT2D eigenvalue weighted by atomic mass is 10.2. The lowest BCUT2D eigenvalue weighted by Crippen LogP contribution is -2.19. The topological polar surface area (TPSA) is 108 Å². The minimum Gasteiger partial charge on any atom is -0.386 e. The summed E-state index contributed by atoms with van der Waals surface area (Å²) < 4.78 is 101. The Hall–Kier alpha value is -4.83. The van der Waals surface area contributed by atoms with Crippen molar-refractivity contribution >= 4 is 17.8 Å². The summed E-state index contributed by atoms with van der Waals surface area (Å²) in [5, 5.41) is 6.70. The van der Waals surface area contributed by atoms with E-state index in [1.807, 2.05) is 0 Å². The number of pyridine rings is 2. The van der Waals surface area contributed by atoms with Gasteiger partial charge in [0.25, 0.3) is 0 Å². The van der Waals surface area contributed by atoms with Crippen LogP contribution in [0.5, 0.6) is 0 Å². The molecule has 10 nitrogen and oxygen atoms in total. The summed E-state index contributed by atoms with van der Waals surface area (Å²) in [6.07, 6.45) is -4.55. The van der Waals surface area contributed by atoms with Gasteiger partial charge in [-0.15, -0.1) is 0 Å². The molecule has 0 aromatic carbocycles. The predicted molar refractivity (Wildman–Crippen MR) is 132 cm³/mol. The van der Waals surface area contributed by atoms with Gasteiger partial charge < -0.3 is 9.64 Å². The number of anilines is 1. The fraction of sp³-hybridized carbons (Fsp3) is 0.308. The van der Waals surface area contributed by atoms with Crippen LogP contribution in [0.2, 0.25) is 0 Å². The number of carbonyl (C=O) groups is 2. The number of halogens is 7. The Morgan fingerprint density at radius 2 is 1.23 bits per heavy atom. The zero-order chi connectivity index (χ0) is 30.9. The van der Waals surface area contributed by atoms with E-state index < -0.39 is 52.8 Å². The molecule has 0 atom stereocenters. The van der Waals surface area contributed by atoms with Crippen LogP contribution in [0.25, 0.3) is 0 Å². The van der Waals surface area contributed by atoms with Gasteiger partial charge in [0.1, 0.15) is 16.9 Å². The van der Waals surface area contributed by atoms with Crippen LogP contribution in [0.1, 0.15) is 56.1 Å². The van der Waals surface area contributed by atoms with Gasteiger partial charge in [-0.3, -0.25) is 9.36 Å². The Labute approximate surface area is 237 Å². The van der Waals surface area contributed by atoms with Crippen molar-refractivity contribution in [3.63, 3.8) is 0 Å². The van der Waals surface area contributed by atoms with E-state index in [0.717, 1.165) is 42.9 Å². The van der Waals surface area contributed by atoms with E-state index in [4.69, 9.17) is 0 Å². The summed E-state index contributed by atoms with van der Waals surface area (Å²) in [6.45, 7) is 1.06. The molecular formula is C26H20F7N7O3. The molecule has 5 rings (SSSR count). The molecule has 0 saturated carbocycles. The van der Waals surface area contributed by atoms with E-state index in [-0.39, 0.29) is 18.7 Å². The molecule has 0 aliphatic carbocycles. The highest BCUT2D eigenvalue weighted by atomic mass is 19.4. The van der Waals surface area contributed by atoms with E-state index in [0.29, 0.717) is 28.5 Å². The molecule has 0 amide bonds. The third-order valence-electron chi connectivity index (χ3n) is 6.40. The highest BCUT2D eigenvalue weighted by Gasteiger charge is 2.42. The summed E-state index contributed by atoms with van der Waals surface area (Å²) in [6, 6.07) is 5.51. The molecule has 5 heterocycles. The SMILES string of the molecule is O=C(OC(=O)c1cn(Cc2ccc(N3CCCC3)nc2)nc1C(F)(F)F)c1cn(Cc2ccc(F)nc2)nc1C(F)(F)F. The first-order chi connectivity index (χ1) is 20.3. The van der Waals surface area contributed by atoms with E-state index in [2.05, 4.69) is 29.8 Å². The normalized spacial score (nSPS) is 13.9. The Morgan fingerprint density at radius 3 is 1.65 bits per heavy atom. The molecule has 0 radical (unpaired) electrons. The van der Waals surface area contributed by atoms with Crippen LogP contribution in [-0.2, 0) is 30.2 Å². The van der Waals surface area contributed by atoms with E-state index in [1.165, 1.54) is 12.3 Å². The van der Waals surface area contributed by atoms with Crippen molar-refractivity contribution in [3.05, 3.63) is 88.6 Å². The Bertz CT molecular complexity index is 1620. The molecule has 0 N–H and O–H groups in total. The Morgan fingerprint density at radius 1 is 0.744 bits per heavy atom. The molecule has 1 saturated heterocycles. The minimum absolute atomic E-state index is 0.219. The first-order valence-corrected chi connectivity index (χ1v) is 12.6. The molecule has 226 valence electrons. The first-order valence-electron chi connectivity index (χ1n) is 12.6. The third kappa shape index (κ3) is 6.81. The lowest BCUT2D eigenvalue weighted by Gasteiger charge is -2.16. The van der Waals surface area contributed by atoms with Crippen LogP contribution < -0.4 is 4.90 Å². The highest BCUT2D eigenvalue weighted by molar-refractivity contribution is 6.03. The second kappa shape index (κ2) is 11.4. The van der Waals surface area contributed by atoms with Crippen LogP contribution in [0.4, 0.5) is 36.6 Å². The average Bonchev–Trinajstić information content (AvgIpc) is 3.70. The molecule has 43 heavy (non-hydrogen) atoms. The van der Waals surface area contributed by atoms with E-state index in [9.17, 15) is 40.3 Å². The molecule has 4 aromatic heterocycles. The number of carbonyl (C=O) groups excluding carboxylic acids is 2. The van der Waals surface area contributed by atoms with Crippen molar-refractivity contribution in [1.29, 1.82) is 0 Å². The number of rotatable bonds is 7. The fourth-order valence-electron chi connectivity index (χ4n) is 4.43. The molecule has 0 unspecified atom stereocenters. The highest BCUT2D eigenvalue weighted by Crippen LogP contribution is 2.33. The number of ether oxygens (including phenoxy) is 1. The number of esters is 2. The summed E-state index contributed by atoms with van der Waals surface area (Å²) in [4.78, 5) is 35.0. The maximum absolute atomic E-state index is 13.7. The van der Waals surface area contributed by atoms with Crippen molar-refractivity contribution in [1.82, 2.24) is 29.5 Å². The van der Waals surface area contributed by atoms with Crippen LogP contribution >= 0.6 is 0 Å². The van der Waals surface area contributed by atoms with Crippen LogP contribution in [0, 0.1) is 5.95 Å². The van der Waals surface area contributed by atoms with Crippen molar-refractivity contribution in [2.45, 2.75) is 38.3 Å². The van der Waals surface area contributed by atoms with Crippen LogP contribution in [0.15, 0.2) is 49.1 Å². The minimum atomic E-state index is -5.19. The number of hydrogen-bond donors (Lipinski definition) is 0. The van der Waals surface area contributed by atoms with Crippen molar-refractivity contribution in [3.8, 4) is 0 Å². The van der Waals surface area contributed by atoms with Gasteiger partial charge in [-0.25, -0.2) is 19.6 Å². The Kier molecular flexibility index (Phi) is 7.90. The standard InChI is InChI=1S/C26H20F7N7O3/c27-19-5-3-15(9-34-19)11-39-13-17(21(36-39)25(28,29)30)23(41)43-24(42)18-14-40(37-22(18)26(31,32)33)12-16-4-6-20(35-10-16)38-7-1-2-8-38/h3-6,9-10,13-14H,1-2,7-8,11-12H2. The predicted octanol–water partition coefficient (Wildman–Crippen LogP) is 4.74. The number of hydrogen-bond acceptors (Lipinski definition) is 8. The van der Waals surface area contributed by atoms with Crippen molar-refractivity contribution < 1.29 is 45.1 Å². The van der Waals surface area contributed by atoms with Crippen LogP contribution in [-0.4, -0.2) is 54.6 Å². The molecule has 1 fully saturated rings. The summed E-state index contributed by atoms with van der Waals surface area (Å²) >= 11 is 0. The molecule has 0 spiro atoms. The smallest absolute Gasteiger partial charge is 0.386 e. The fourth-order valence-corrected chi connectivity index (χ4v) is 4.43. The number of aromatic nitrogens is 6. The number of nitrogens with zero attached hydrogens (tertiary/aromatic N) is 7. The van der Waals surface area contributed by atoms with Crippen molar-refractivity contribution in [2.75, 3.05) is 18.0 Å². The maximum Gasteiger partial charge on any atom is 0.436 e. The zero-order valence-corrected chi connectivity index (χ0v) is 21.9. The molecule has 4 aromatic rings. The van der Waals surface area contributed by atoms with Gasteiger partial charge >= 0.3 is 24.3 Å². The molecular weight excluding hydrogens is 591 g/mol. The summed E-state index contributed by atoms with van der Waals surface area (Å²) in [5.41, 5.74) is -5.16. The second-order valence-corrected chi connectivity index (χ2v) is 9.56. The van der Waals surface area contributed by atoms with Crippen molar-refractivity contribution in [2.24, 2.45) is 0 Å². The van der Waals surface area contributed by atoms with Gasteiger partial charge in [-0.1, -0.05) is 12.1 Å². The van der Waals surface area contributed by atoms with Gasteiger partial charge in [0, 0.05) is 37.9 Å². The summed E-state index contributed by atoms with van der Waals surface area (Å²) in [5.74, 6) is -3.88. The molecule has 1 aliphatic rings. The molecule has 1 aliphatic heterocycles. The maximum atomic E-state index is 13.7. The average molecular weight is 611 g/mol. The van der Waals surface area contributed by atoms with Gasteiger partial charge in [0.2, 0.25) is 5.95 Å². The van der Waals surface area contributed by atoms with Gasteiger partial charge in [0.05, 0.1) is 13.1 Å². The lowest BCUT2D eigenvalue weighted by molar-refractivity contribution is -0.142. The van der Waals surface area contributed by atoms with Crippen LogP contribution in [0.3, 0.4) is 0 Å². The quantitative estimate of drug-likeness (QED) is 0.128. The summed E-state index contributed by atoms with van der Waals surface area (Å²) in [7, 11) is 0. The zero-order valence-electron chi connectivity index (χ0n) is 21.9. The Balaban J connectivity index is 1.36. The molecule has 0 bridgehead atoms.